The summed E-state index contributed by atoms with van der Waals surface area (Å²) in [5.41, 5.74) is -0.500. The average molecular weight is 356 g/mol. The van der Waals surface area contributed by atoms with Gasteiger partial charge in [0.2, 0.25) is 0 Å². The van der Waals surface area contributed by atoms with Crippen molar-refractivity contribution in [2.24, 2.45) is 0 Å². The van der Waals surface area contributed by atoms with Crippen LogP contribution >= 0.6 is 0 Å². The maximum atomic E-state index is 13.2. The molecule has 0 atom stereocenters. The summed E-state index contributed by atoms with van der Waals surface area (Å²) in [6.45, 7) is 8.37. The molecule has 1 amide bonds. The Balaban J connectivity index is 1.66. The van der Waals surface area contributed by atoms with E-state index >= 15 is 0 Å². The molecule has 140 valence electrons. The van der Waals surface area contributed by atoms with Crippen LogP contribution in [0.4, 0.5) is 13.6 Å². The third-order valence-corrected chi connectivity index (χ3v) is 3.82. The van der Waals surface area contributed by atoms with Gasteiger partial charge in [-0.3, -0.25) is 0 Å². The Morgan fingerprint density at radius 2 is 1.92 bits per heavy atom. The van der Waals surface area contributed by atoms with Crippen LogP contribution in [0.5, 0.6) is 5.75 Å². The number of amides is 1. The molecule has 0 aromatic heterocycles. The van der Waals surface area contributed by atoms with Gasteiger partial charge in [0, 0.05) is 32.2 Å². The summed E-state index contributed by atoms with van der Waals surface area (Å²) in [6.07, 6.45) is 1.17. The Hall–Kier alpha value is -1.89. The molecule has 1 saturated heterocycles. The molecule has 1 fully saturated rings. The summed E-state index contributed by atoms with van der Waals surface area (Å²) in [7, 11) is 0. The molecule has 1 aromatic rings. The fourth-order valence-corrected chi connectivity index (χ4v) is 2.62. The van der Waals surface area contributed by atoms with Gasteiger partial charge < -0.3 is 19.7 Å². The number of likely N-dealkylation sites (tertiary alicyclic amines) is 1. The minimum atomic E-state index is -0.900. The molecule has 7 heteroatoms. The summed E-state index contributed by atoms with van der Waals surface area (Å²) < 4.78 is 37.0. The number of carbonyl (C=O) groups excluding carboxylic acids is 1. The molecular weight excluding hydrogens is 330 g/mol. The van der Waals surface area contributed by atoms with Crippen LogP contribution in [-0.2, 0) is 4.74 Å². The summed E-state index contributed by atoms with van der Waals surface area (Å²) >= 11 is 0. The number of nitrogens with one attached hydrogen (secondary N) is 1. The number of hydrogen-bond donors (Lipinski definition) is 1. The van der Waals surface area contributed by atoms with Crippen molar-refractivity contribution in [2.45, 2.75) is 45.3 Å². The highest BCUT2D eigenvalue weighted by molar-refractivity contribution is 5.67. The van der Waals surface area contributed by atoms with Crippen LogP contribution in [0, 0.1) is 11.6 Å². The van der Waals surface area contributed by atoms with Crippen molar-refractivity contribution < 1.29 is 23.0 Å². The van der Waals surface area contributed by atoms with Crippen molar-refractivity contribution in [1.82, 2.24) is 10.2 Å². The van der Waals surface area contributed by atoms with Crippen molar-refractivity contribution in [3.05, 3.63) is 29.8 Å². The van der Waals surface area contributed by atoms with Crippen LogP contribution in [0.2, 0.25) is 0 Å². The van der Waals surface area contributed by atoms with Gasteiger partial charge in [0.15, 0.2) is 11.6 Å². The number of ether oxygens (including phenoxy) is 2. The van der Waals surface area contributed by atoms with Gasteiger partial charge >= 0.3 is 6.09 Å². The molecule has 1 N–H and O–H groups in total. The topological polar surface area (TPSA) is 50.8 Å². The molecular formula is C18H26F2N2O3. The second kappa shape index (κ2) is 8.47. The van der Waals surface area contributed by atoms with E-state index in [0.717, 1.165) is 44.6 Å². The number of halogens is 2. The second-order valence-corrected chi connectivity index (χ2v) is 7.16. The summed E-state index contributed by atoms with van der Waals surface area (Å²) in [4.78, 5) is 13.8. The number of rotatable bonds is 5. The number of benzene rings is 1. The van der Waals surface area contributed by atoms with Gasteiger partial charge in [-0.05, 0) is 45.7 Å². The molecule has 2 rings (SSSR count). The first-order valence-electron chi connectivity index (χ1n) is 8.54. The Morgan fingerprint density at radius 1 is 1.24 bits per heavy atom. The molecule has 1 aliphatic heterocycles. The standard InChI is InChI=1S/C18H26F2N2O3/c1-18(2,3)25-17(23)21-8-11-22-9-6-13(7-10-22)24-14-4-5-15(19)16(20)12-14/h4-5,12-13H,6-11H2,1-3H3,(H,21,23). The minimum absolute atomic E-state index is 0.0140. The number of nitrogens with zero attached hydrogens (tertiary/aromatic N) is 1. The van der Waals surface area contributed by atoms with E-state index in [9.17, 15) is 13.6 Å². The predicted molar refractivity (Wildman–Crippen MR) is 90.7 cm³/mol. The minimum Gasteiger partial charge on any atom is -0.490 e. The Kier molecular flexibility index (Phi) is 6.58. The zero-order chi connectivity index (χ0) is 18.4. The van der Waals surface area contributed by atoms with E-state index in [0.29, 0.717) is 12.3 Å². The molecule has 0 saturated carbocycles. The van der Waals surface area contributed by atoms with Crippen LogP contribution in [0.25, 0.3) is 0 Å². The number of piperidine rings is 1. The van der Waals surface area contributed by atoms with E-state index in [-0.39, 0.29) is 6.10 Å². The Labute approximate surface area is 147 Å². The maximum Gasteiger partial charge on any atom is 0.407 e. The number of hydrogen-bond acceptors (Lipinski definition) is 4. The van der Waals surface area contributed by atoms with Gasteiger partial charge in [-0.15, -0.1) is 0 Å². The van der Waals surface area contributed by atoms with Gasteiger partial charge in [-0.1, -0.05) is 0 Å². The normalized spacial score (nSPS) is 16.5. The van der Waals surface area contributed by atoms with Crippen LogP contribution in [-0.4, -0.2) is 48.9 Å². The first-order chi connectivity index (χ1) is 11.7. The molecule has 0 aliphatic carbocycles. The first kappa shape index (κ1) is 19.4. The van der Waals surface area contributed by atoms with Crippen molar-refractivity contribution in [2.75, 3.05) is 26.2 Å². The van der Waals surface area contributed by atoms with Crippen molar-refractivity contribution in [3.63, 3.8) is 0 Å². The lowest BCUT2D eigenvalue weighted by molar-refractivity contribution is 0.0512. The predicted octanol–water partition coefficient (Wildman–Crippen LogP) is 3.33. The SMILES string of the molecule is CC(C)(C)OC(=O)NCCN1CCC(Oc2ccc(F)c(F)c2)CC1. The molecule has 0 bridgehead atoms. The molecule has 1 heterocycles. The largest absolute Gasteiger partial charge is 0.490 e. The highest BCUT2D eigenvalue weighted by atomic mass is 19.2. The molecule has 1 aliphatic rings. The third kappa shape index (κ3) is 6.86. The summed E-state index contributed by atoms with van der Waals surface area (Å²) in [5.74, 6) is -1.42. The Morgan fingerprint density at radius 3 is 2.52 bits per heavy atom. The summed E-state index contributed by atoms with van der Waals surface area (Å²) in [5, 5.41) is 2.74. The van der Waals surface area contributed by atoms with E-state index < -0.39 is 23.3 Å². The highest BCUT2D eigenvalue weighted by Gasteiger charge is 2.21. The van der Waals surface area contributed by atoms with Gasteiger partial charge in [0.05, 0.1) is 0 Å². The number of alkyl carbamates (subject to hydrolysis) is 1. The third-order valence-electron chi connectivity index (χ3n) is 3.82. The molecule has 0 spiro atoms. The number of carbonyl (C=O) groups is 1. The molecule has 0 radical (unpaired) electrons. The molecule has 25 heavy (non-hydrogen) atoms. The quantitative estimate of drug-likeness (QED) is 0.879. The molecule has 5 nitrogen and oxygen atoms in total. The average Bonchev–Trinajstić information content (AvgIpc) is 2.51. The van der Waals surface area contributed by atoms with E-state index in [2.05, 4.69) is 10.2 Å². The zero-order valence-corrected chi connectivity index (χ0v) is 15.0. The van der Waals surface area contributed by atoms with Crippen molar-refractivity contribution in [3.8, 4) is 5.75 Å². The summed E-state index contributed by atoms with van der Waals surface area (Å²) in [6, 6.07) is 3.59. The second-order valence-electron chi connectivity index (χ2n) is 7.16. The van der Waals surface area contributed by atoms with Crippen molar-refractivity contribution in [1.29, 1.82) is 0 Å². The van der Waals surface area contributed by atoms with Crippen molar-refractivity contribution >= 4 is 6.09 Å². The lowest BCUT2D eigenvalue weighted by Crippen LogP contribution is -2.43. The lowest BCUT2D eigenvalue weighted by atomic mass is 10.1. The van der Waals surface area contributed by atoms with E-state index in [4.69, 9.17) is 9.47 Å². The van der Waals surface area contributed by atoms with Crippen LogP contribution in [0.15, 0.2) is 18.2 Å². The van der Waals surface area contributed by atoms with Gasteiger partial charge in [0.25, 0.3) is 0 Å². The van der Waals surface area contributed by atoms with Crippen LogP contribution in [0.3, 0.4) is 0 Å². The van der Waals surface area contributed by atoms with Crippen LogP contribution < -0.4 is 10.1 Å². The van der Waals surface area contributed by atoms with Crippen LogP contribution in [0.1, 0.15) is 33.6 Å². The van der Waals surface area contributed by atoms with E-state index in [1.807, 2.05) is 20.8 Å². The zero-order valence-electron chi connectivity index (χ0n) is 15.0. The lowest BCUT2D eigenvalue weighted by Gasteiger charge is -2.32. The van der Waals surface area contributed by atoms with Gasteiger partial charge in [0.1, 0.15) is 17.5 Å². The van der Waals surface area contributed by atoms with Gasteiger partial charge in [-0.25, -0.2) is 13.6 Å². The maximum absolute atomic E-state index is 13.2. The van der Waals surface area contributed by atoms with E-state index in [1.165, 1.54) is 6.07 Å². The molecule has 1 aromatic carbocycles. The van der Waals surface area contributed by atoms with E-state index in [1.54, 1.807) is 0 Å². The smallest absolute Gasteiger partial charge is 0.407 e. The Bertz CT molecular complexity index is 582. The fraction of sp³-hybridized carbons (Fsp3) is 0.611. The monoisotopic (exact) mass is 356 g/mol. The first-order valence-corrected chi connectivity index (χ1v) is 8.54. The van der Waals surface area contributed by atoms with Gasteiger partial charge in [-0.2, -0.15) is 0 Å². The fourth-order valence-electron chi connectivity index (χ4n) is 2.62. The molecule has 0 unspecified atom stereocenters. The highest BCUT2D eigenvalue weighted by Crippen LogP contribution is 2.21.